The van der Waals surface area contributed by atoms with Crippen LogP contribution >= 0.6 is 24.0 Å². The maximum Gasteiger partial charge on any atom is 0.199 e. The largest absolute Gasteiger partial charge is 0.618 e. The molecule has 0 aliphatic rings. The summed E-state index contributed by atoms with van der Waals surface area (Å²) >= 11 is 5.50. The van der Waals surface area contributed by atoms with E-state index in [2.05, 4.69) is 0 Å². The normalized spacial score (nSPS) is 8.60. The Balaban J connectivity index is 0.000000810. The molecule has 1 aromatic heterocycles. The fourth-order valence-corrected chi connectivity index (χ4v) is 0.682. The van der Waals surface area contributed by atoms with Gasteiger partial charge < -0.3 is 5.21 Å². The van der Waals surface area contributed by atoms with Crippen molar-refractivity contribution in [1.29, 1.82) is 0 Å². The van der Waals surface area contributed by atoms with Crippen molar-refractivity contribution < 1.29 is 4.73 Å². The zero-order valence-corrected chi connectivity index (χ0v) is 6.95. The van der Waals surface area contributed by atoms with Crippen molar-refractivity contribution in [2.24, 2.45) is 0 Å². The van der Waals surface area contributed by atoms with Gasteiger partial charge in [-0.15, -0.1) is 12.4 Å². The lowest BCUT2D eigenvalue weighted by Gasteiger charge is -1.97. The van der Waals surface area contributed by atoms with Crippen LogP contribution in [-0.4, -0.2) is 0 Å². The fraction of sp³-hybridized carbons (Fsp3) is 0.167. The summed E-state index contributed by atoms with van der Waals surface area (Å²) in [6, 6.07) is 3.36. The Bertz CT molecular complexity index is 227. The molecule has 0 saturated heterocycles. The highest BCUT2D eigenvalue weighted by Crippen LogP contribution is 2.02. The van der Waals surface area contributed by atoms with Crippen molar-refractivity contribution in [3.63, 3.8) is 0 Å². The molecule has 1 rings (SSSR count). The Morgan fingerprint density at radius 1 is 1.50 bits per heavy atom. The second-order valence-corrected chi connectivity index (χ2v) is 2.25. The Morgan fingerprint density at radius 3 is 2.50 bits per heavy atom. The lowest BCUT2D eigenvalue weighted by Crippen LogP contribution is -2.28. The molecule has 0 amide bonds. The molecule has 4 heteroatoms. The van der Waals surface area contributed by atoms with E-state index in [1.807, 2.05) is 0 Å². The van der Waals surface area contributed by atoms with Gasteiger partial charge in [0.1, 0.15) is 5.02 Å². The molecule has 1 aromatic rings. The van der Waals surface area contributed by atoms with Crippen molar-refractivity contribution in [1.82, 2.24) is 0 Å². The van der Waals surface area contributed by atoms with E-state index in [0.717, 1.165) is 4.73 Å². The SMILES string of the molecule is Cc1ccc(Cl)c[n+]1[O-].Cl. The molecular weight excluding hydrogens is 173 g/mol. The summed E-state index contributed by atoms with van der Waals surface area (Å²) in [5.41, 5.74) is 0.652. The predicted octanol–water partition coefficient (Wildman–Crippen LogP) is 1.70. The lowest BCUT2D eigenvalue weighted by molar-refractivity contribution is -0.612. The molecule has 10 heavy (non-hydrogen) atoms. The van der Waals surface area contributed by atoms with Crippen molar-refractivity contribution >= 4 is 24.0 Å². The van der Waals surface area contributed by atoms with E-state index in [-0.39, 0.29) is 12.4 Å². The molecule has 1 heterocycles. The first-order valence-corrected chi connectivity index (χ1v) is 2.93. The number of aromatic nitrogens is 1. The molecule has 0 radical (unpaired) electrons. The molecular formula is C6H7Cl2NO. The second-order valence-electron chi connectivity index (χ2n) is 1.81. The van der Waals surface area contributed by atoms with Crippen LogP contribution in [0.15, 0.2) is 18.3 Å². The quantitative estimate of drug-likeness (QED) is 0.441. The average Bonchev–Trinajstić information content (AvgIpc) is 1.80. The van der Waals surface area contributed by atoms with Gasteiger partial charge in [0.05, 0.1) is 0 Å². The topological polar surface area (TPSA) is 26.9 Å². The maximum absolute atomic E-state index is 10.7. The second kappa shape index (κ2) is 3.64. The van der Waals surface area contributed by atoms with Crippen LogP contribution in [0.4, 0.5) is 0 Å². The molecule has 0 fully saturated rings. The van der Waals surface area contributed by atoms with E-state index in [4.69, 9.17) is 11.6 Å². The van der Waals surface area contributed by atoms with Gasteiger partial charge in [-0.25, -0.2) is 0 Å². The van der Waals surface area contributed by atoms with Crippen LogP contribution in [-0.2, 0) is 0 Å². The van der Waals surface area contributed by atoms with Gasteiger partial charge in [0, 0.05) is 13.0 Å². The Labute approximate surface area is 70.4 Å². The summed E-state index contributed by atoms with van der Waals surface area (Å²) < 4.78 is 0.738. The number of aryl methyl sites for hydroxylation is 1. The maximum atomic E-state index is 10.7. The van der Waals surface area contributed by atoms with Crippen LogP contribution in [0.25, 0.3) is 0 Å². The molecule has 0 spiro atoms. The van der Waals surface area contributed by atoms with Gasteiger partial charge in [-0.05, 0) is 6.07 Å². The number of hydrogen-bond donors (Lipinski definition) is 0. The molecule has 0 unspecified atom stereocenters. The van der Waals surface area contributed by atoms with Crippen LogP contribution in [0.5, 0.6) is 0 Å². The van der Waals surface area contributed by atoms with Gasteiger partial charge in [0.2, 0.25) is 0 Å². The Kier molecular flexibility index (Phi) is 3.47. The third-order valence-electron chi connectivity index (χ3n) is 1.07. The van der Waals surface area contributed by atoms with Gasteiger partial charge >= 0.3 is 0 Å². The molecule has 0 aromatic carbocycles. The first-order chi connectivity index (χ1) is 4.20. The molecule has 56 valence electrons. The molecule has 0 atom stereocenters. The van der Waals surface area contributed by atoms with Crippen molar-refractivity contribution in [2.75, 3.05) is 0 Å². The summed E-state index contributed by atoms with van der Waals surface area (Å²) in [5, 5.41) is 11.1. The molecule has 0 saturated carbocycles. The van der Waals surface area contributed by atoms with Crippen LogP contribution in [0.1, 0.15) is 5.69 Å². The van der Waals surface area contributed by atoms with Crippen LogP contribution in [0, 0.1) is 12.1 Å². The van der Waals surface area contributed by atoms with E-state index < -0.39 is 0 Å². The van der Waals surface area contributed by atoms with Gasteiger partial charge in [-0.1, -0.05) is 11.6 Å². The lowest BCUT2D eigenvalue weighted by atomic mass is 10.4. The summed E-state index contributed by atoms with van der Waals surface area (Å²) in [6.07, 6.45) is 1.33. The number of rotatable bonds is 0. The van der Waals surface area contributed by atoms with E-state index in [1.54, 1.807) is 19.1 Å². The monoisotopic (exact) mass is 179 g/mol. The Hall–Kier alpha value is -0.470. The summed E-state index contributed by atoms with van der Waals surface area (Å²) in [4.78, 5) is 0. The molecule has 0 N–H and O–H groups in total. The van der Waals surface area contributed by atoms with E-state index in [9.17, 15) is 5.21 Å². The predicted molar refractivity (Wildman–Crippen MR) is 42.4 cm³/mol. The van der Waals surface area contributed by atoms with Crippen LogP contribution in [0.2, 0.25) is 5.02 Å². The first-order valence-electron chi connectivity index (χ1n) is 2.55. The number of hydrogen-bond acceptors (Lipinski definition) is 1. The summed E-state index contributed by atoms with van der Waals surface area (Å²) in [7, 11) is 0. The summed E-state index contributed by atoms with van der Waals surface area (Å²) in [6.45, 7) is 1.73. The Morgan fingerprint density at radius 2 is 2.10 bits per heavy atom. The van der Waals surface area contributed by atoms with E-state index in [1.165, 1.54) is 6.20 Å². The highest BCUT2D eigenvalue weighted by Gasteiger charge is 1.96. The van der Waals surface area contributed by atoms with Gasteiger partial charge in [-0.3, -0.25) is 0 Å². The zero-order chi connectivity index (χ0) is 6.85. The molecule has 0 aliphatic heterocycles. The smallest absolute Gasteiger partial charge is 0.199 e. The van der Waals surface area contributed by atoms with Crippen LogP contribution in [0.3, 0.4) is 0 Å². The summed E-state index contributed by atoms with van der Waals surface area (Å²) in [5.74, 6) is 0. The minimum absolute atomic E-state index is 0. The number of halogens is 2. The highest BCUT2D eigenvalue weighted by atomic mass is 35.5. The first kappa shape index (κ1) is 9.53. The average molecular weight is 180 g/mol. The molecule has 0 bridgehead atoms. The minimum Gasteiger partial charge on any atom is -0.618 e. The van der Waals surface area contributed by atoms with Crippen molar-refractivity contribution in [2.45, 2.75) is 6.92 Å². The molecule has 0 aliphatic carbocycles. The number of pyridine rings is 1. The third kappa shape index (κ3) is 2.05. The minimum atomic E-state index is 0. The van der Waals surface area contributed by atoms with E-state index in [0.29, 0.717) is 10.7 Å². The van der Waals surface area contributed by atoms with Gasteiger partial charge in [0.25, 0.3) is 0 Å². The van der Waals surface area contributed by atoms with Crippen LogP contribution < -0.4 is 4.73 Å². The van der Waals surface area contributed by atoms with Crippen molar-refractivity contribution in [3.8, 4) is 0 Å². The fourth-order valence-electron chi connectivity index (χ4n) is 0.531. The number of nitrogens with zero attached hydrogens (tertiary/aromatic N) is 1. The zero-order valence-electron chi connectivity index (χ0n) is 5.37. The van der Waals surface area contributed by atoms with Gasteiger partial charge in [0.15, 0.2) is 11.9 Å². The van der Waals surface area contributed by atoms with Gasteiger partial charge in [-0.2, -0.15) is 4.73 Å². The standard InChI is InChI=1S/C6H6ClNO.ClH/c1-5-2-3-6(7)4-8(5)9;/h2-4H,1H3;1H. The van der Waals surface area contributed by atoms with E-state index >= 15 is 0 Å². The van der Waals surface area contributed by atoms with Crippen molar-refractivity contribution in [3.05, 3.63) is 34.3 Å². The third-order valence-corrected chi connectivity index (χ3v) is 1.30. The highest BCUT2D eigenvalue weighted by molar-refractivity contribution is 6.30. The molecule has 2 nitrogen and oxygen atoms in total.